The van der Waals surface area contributed by atoms with Crippen LogP contribution in [0.25, 0.3) is 21.8 Å². The van der Waals surface area contributed by atoms with Crippen LogP contribution < -0.4 is 4.74 Å². The monoisotopic (exact) mass is 450 g/mol. The quantitative estimate of drug-likeness (QED) is 0.336. The Labute approximate surface area is 193 Å². The number of halogens is 1. The van der Waals surface area contributed by atoms with Crippen molar-refractivity contribution in [3.05, 3.63) is 78.4 Å². The summed E-state index contributed by atoms with van der Waals surface area (Å²) in [5.41, 5.74) is 3.30. The second-order valence-corrected chi connectivity index (χ2v) is 8.29. The van der Waals surface area contributed by atoms with Crippen LogP contribution >= 0.6 is 0 Å². The maximum absolute atomic E-state index is 12.3. The smallest absolute Gasteiger partial charge is 0.123 e. The zero-order chi connectivity index (χ0) is 23.0. The summed E-state index contributed by atoms with van der Waals surface area (Å²) >= 11 is 0. The summed E-state index contributed by atoms with van der Waals surface area (Å²) in [5.74, 6) is 0.643. The largest absolute Gasteiger partial charge is 0.491 e. The number of benzene rings is 3. The van der Waals surface area contributed by atoms with Gasteiger partial charge in [-0.1, -0.05) is 48.5 Å². The molecule has 174 valence electrons. The lowest BCUT2D eigenvalue weighted by atomic mass is 10.2. The molecule has 4 rings (SSSR count). The highest BCUT2D eigenvalue weighted by Gasteiger charge is 2.16. The zero-order valence-electron chi connectivity index (χ0n) is 18.7. The minimum Gasteiger partial charge on any atom is -0.491 e. The Kier molecular flexibility index (Phi) is 7.94. The van der Waals surface area contributed by atoms with Crippen molar-refractivity contribution >= 4 is 21.8 Å². The van der Waals surface area contributed by atoms with Crippen LogP contribution in [0.4, 0.5) is 4.39 Å². The number of rotatable bonds is 12. The maximum atomic E-state index is 12.3. The zero-order valence-corrected chi connectivity index (χ0v) is 18.7. The van der Waals surface area contributed by atoms with E-state index in [2.05, 4.69) is 33.7 Å². The number of para-hydroxylation sites is 2. The molecule has 2 N–H and O–H groups in total. The Morgan fingerprint density at radius 3 is 2.15 bits per heavy atom. The van der Waals surface area contributed by atoms with E-state index in [1.54, 1.807) is 0 Å². The summed E-state index contributed by atoms with van der Waals surface area (Å²) in [6, 6.07) is 24.2. The second kappa shape index (κ2) is 11.3. The molecule has 4 aromatic rings. The Morgan fingerprint density at radius 2 is 1.55 bits per heavy atom. The van der Waals surface area contributed by atoms with Gasteiger partial charge in [0.15, 0.2) is 0 Å². The molecule has 3 aromatic carbocycles. The third kappa shape index (κ3) is 5.71. The molecular formula is C27H31FN2O3. The number of fused-ring (bicyclic) bond motifs is 3. The fraction of sp³-hybridized carbons (Fsp3) is 0.333. The Morgan fingerprint density at radius 1 is 0.909 bits per heavy atom. The first-order valence-corrected chi connectivity index (χ1v) is 11.4. The molecule has 0 unspecified atom stereocenters. The van der Waals surface area contributed by atoms with Gasteiger partial charge in [-0.3, -0.25) is 4.90 Å². The van der Waals surface area contributed by atoms with Gasteiger partial charge in [0.2, 0.25) is 0 Å². The lowest BCUT2D eigenvalue weighted by Gasteiger charge is -2.26. The molecule has 0 saturated heterocycles. The van der Waals surface area contributed by atoms with E-state index in [9.17, 15) is 14.6 Å². The number of alkyl halides is 1. The van der Waals surface area contributed by atoms with Gasteiger partial charge in [0.05, 0.1) is 12.6 Å². The average molecular weight is 451 g/mol. The van der Waals surface area contributed by atoms with Gasteiger partial charge in [-0.05, 0) is 36.2 Å². The van der Waals surface area contributed by atoms with E-state index in [0.29, 0.717) is 38.3 Å². The Hall–Kier alpha value is -2.93. The van der Waals surface area contributed by atoms with Gasteiger partial charge in [0, 0.05) is 48.0 Å². The summed E-state index contributed by atoms with van der Waals surface area (Å²) in [6.45, 7) is 1.95. The van der Waals surface area contributed by atoms with Crippen molar-refractivity contribution < 1.29 is 19.3 Å². The lowest BCUT2D eigenvalue weighted by Crippen LogP contribution is -2.35. The molecule has 0 spiro atoms. The molecule has 0 aliphatic rings. The number of ether oxygens (including phenoxy) is 1. The van der Waals surface area contributed by atoms with Crippen LogP contribution in [0.1, 0.15) is 12.0 Å². The summed E-state index contributed by atoms with van der Waals surface area (Å²) < 4.78 is 19.8. The highest BCUT2D eigenvalue weighted by Crippen LogP contribution is 2.29. The first-order valence-electron chi connectivity index (χ1n) is 11.4. The first kappa shape index (κ1) is 23.2. The molecule has 6 heteroatoms. The molecule has 0 amide bonds. The van der Waals surface area contributed by atoms with Crippen LogP contribution in [0.5, 0.6) is 5.75 Å². The molecule has 1 heterocycles. The van der Waals surface area contributed by atoms with Crippen molar-refractivity contribution in [2.75, 3.05) is 33.0 Å². The number of aliphatic hydroxyl groups is 2. The van der Waals surface area contributed by atoms with Crippen LogP contribution in [0, 0.1) is 0 Å². The molecule has 33 heavy (non-hydrogen) atoms. The highest BCUT2D eigenvalue weighted by molar-refractivity contribution is 6.07. The predicted octanol–water partition coefficient (Wildman–Crippen LogP) is 4.39. The molecule has 1 atom stereocenters. The van der Waals surface area contributed by atoms with Crippen molar-refractivity contribution in [1.82, 2.24) is 9.47 Å². The van der Waals surface area contributed by atoms with Gasteiger partial charge in [-0.25, -0.2) is 4.39 Å². The van der Waals surface area contributed by atoms with E-state index in [4.69, 9.17) is 4.74 Å². The van der Waals surface area contributed by atoms with Crippen LogP contribution in [0.3, 0.4) is 0 Å². The predicted molar refractivity (Wildman–Crippen MR) is 130 cm³/mol. The van der Waals surface area contributed by atoms with Crippen molar-refractivity contribution in [2.45, 2.75) is 25.6 Å². The summed E-state index contributed by atoms with van der Waals surface area (Å²) in [4.78, 5) is 2.16. The molecule has 0 bridgehead atoms. The van der Waals surface area contributed by atoms with E-state index in [-0.39, 0.29) is 13.2 Å². The molecule has 0 radical (unpaired) electrons. The minimum atomic E-state index is -0.574. The van der Waals surface area contributed by atoms with Gasteiger partial charge < -0.3 is 19.5 Å². The van der Waals surface area contributed by atoms with E-state index in [1.165, 1.54) is 10.8 Å². The van der Waals surface area contributed by atoms with Gasteiger partial charge in [0.25, 0.3) is 0 Å². The minimum absolute atomic E-state index is 0.0525. The number of aliphatic hydroxyl groups excluding tert-OH is 2. The van der Waals surface area contributed by atoms with Crippen LogP contribution in [-0.4, -0.2) is 58.8 Å². The van der Waals surface area contributed by atoms with Crippen LogP contribution in [0.15, 0.2) is 72.8 Å². The van der Waals surface area contributed by atoms with Crippen molar-refractivity contribution in [2.24, 2.45) is 0 Å². The van der Waals surface area contributed by atoms with Gasteiger partial charge in [-0.15, -0.1) is 0 Å². The van der Waals surface area contributed by atoms with Crippen molar-refractivity contribution in [3.8, 4) is 5.75 Å². The van der Waals surface area contributed by atoms with E-state index in [0.717, 1.165) is 16.6 Å². The van der Waals surface area contributed by atoms with Crippen LogP contribution in [0.2, 0.25) is 0 Å². The SMILES string of the molecule is OCCCN(Cc1ccc(OCCF)cc1)C[C@H](O)Cn1c2ccccc2c2ccccc21. The number of hydrogen-bond donors (Lipinski definition) is 2. The normalized spacial score (nSPS) is 12.6. The first-order chi connectivity index (χ1) is 16.2. The molecule has 0 aliphatic carbocycles. The molecular weight excluding hydrogens is 419 g/mol. The lowest BCUT2D eigenvalue weighted by molar-refractivity contribution is 0.0921. The highest BCUT2D eigenvalue weighted by atomic mass is 19.1. The number of nitrogens with zero attached hydrogens (tertiary/aromatic N) is 2. The van der Waals surface area contributed by atoms with E-state index >= 15 is 0 Å². The molecule has 5 nitrogen and oxygen atoms in total. The number of hydrogen-bond acceptors (Lipinski definition) is 4. The van der Waals surface area contributed by atoms with Crippen molar-refractivity contribution in [3.63, 3.8) is 0 Å². The maximum Gasteiger partial charge on any atom is 0.123 e. The third-order valence-electron chi connectivity index (χ3n) is 5.85. The van der Waals surface area contributed by atoms with Gasteiger partial charge in [0.1, 0.15) is 19.0 Å². The fourth-order valence-electron chi connectivity index (χ4n) is 4.40. The van der Waals surface area contributed by atoms with Gasteiger partial charge in [-0.2, -0.15) is 0 Å². The van der Waals surface area contributed by atoms with E-state index in [1.807, 2.05) is 48.5 Å². The summed E-state index contributed by atoms with van der Waals surface area (Å²) in [7, 11) is 0. The average Bonchev–Trinajstić information content (AvgIpc) is 3.16. The van der Waals surface area contributed by atoms with Crippen molar-refractivity contribution in [1.29, 1.82) is 0 Å². The number of aromatic nitrogens is 1. The second-order valence-electron chi connectivity index (χ2n) is 8.29. The van der Waals surface area contributed by atoms with Crippen LogP contribution in [-0.2, 0) is 13.1 Å². The fourth-order valence-corrected chi connectivity index (χ4v) is 4.40. The molecule has 0 saturated carbocycles. The molecule has 0 aliphatic heterocycles. The summed E-state index contributed by atoms with van der Waals surface area (Å²) in [6.07, 6.45) is 0.0647. The summed E-state index contributed by atoms with van der Waals surface area (Å²) in [5, 5.41) is 22.8. The molecule has 1 aromatic heterocycles. The van der Waals surface area contributed by atoms with Gasteiger partial charge >= 0.3 is 0 Å². The Bertz CT molecular complexity index is 1110. The topological polar surface area (TPSA) is 57.9 Å². The molecule has 0 fully saturated rings. The van der Waals surface area contributed by atoms with E-state index < -0.39 is 12.8 Å². The third-order valence-corrected chi connectivity index (χ3v) is 5.85. The standard InChI is InChI=1S/C27H31FN2O3/c28-14-17-33-23-12-10-21(11-13-23)18-29(15-5-16-31)19-22(32)20-30-26-8-3-1-6-24(26)25-7-2-4-9-27(25)30/h1-4,6-13,22,31-32H,5,14-20H2/t22-/m0/s1. The Balaban J connectivity index is 1.48.